The Labute approximate surface area is 148 Å². The van der Waals surface area contributed by atoms with E-state index in [9.17, 15) is 4.79 Å². The number of carbonyl (C=O) groups is 1. The van der Waals surface area contributed by atoms with Gasteiger partial charge in [0.2, 0.25) is 17.7 Å². The Bertz CT molecular complexity index is 1090. The molecule has 128 valence electrons. The van der Waals surface area contributed by atoms with Gasteiger partial charge in [0.1, 0.15) is 5.75 Å². The van der Waals surface area contributed by atoms with Crippen molar-refractivity contribution in [1.82, 2.24) is 15.0 Å². The van der Waals surface area contributed by atoms with Crippen molar-refractivity contribution in [3.63, 3.8) is 0 Å². The first kappa shape index (κ1) is 15.6. The van der Waals surface area contributed by atoms with Crippen molar-refractivity contribution in [2.75, 3.05) is 5.32 Å². The summed E-state index contributed by atoms with van der Waals surface area (Å²) in [7, 11) is 0. The van der Waals surface area contributed by atoms with Gasteiger partial charge in [-0.05, 0) is 42.5 Å². The largest absolute Gasteiger partial charge is 0.439 e. The van der Waals surface area contributed by atoms with Crippen LogP contribution in [0.4, 0.5) is 11.6 Å². The molecule has 26 heavy (non-hydrogen) atoms. The Morgan fingerprint density at radius 1 is 1.12 bits per heavy atom. The van der Waals surface area contributed by atoms with Crippen molar-refractivity contribution in [3.05, 3.63) is 72.6 Å². The second kappa shape index (κ2) is 6.56. The molecule has 2 aromatic carbocycles. The van der Waals surface area contributed by atoms with E-state index in [0.717, 1.165) is 10.9 Å². The Hall–Kier alpha value is -3.87. The summed E-state index contributed by atoms with van der Waals surface area (Å²) >= 11 is 0. The number of ether oxygens (including phenoxy) is 1. The molecule has 0 fully saturated rings. The highest BCUT2D eigenvalue weighted by molar-refractivity contribution is 5.93. The van der Waals surface area contributed by atoms with E-state index in [1.165, 1.54) is 0 Å². The molecule has 0 aliphatic carbocycles. The summed E-state index contributed by atoms with van der Waals surface area (Å²) in [6.45, 7) is 0. The summed E-state index contributed by atoms with van der Waals surface area (Å²) < 4.78 is 5.82. The van der Waals surface area contributed by atoms with Crippen LogP contribution in [0, 0.1) is 0 Å². The first-order valence-electron chi connectivity index (χ1n) is 7.92. The van der Waals surface area contributed by atoms with Crippen LogP contribution in [-0.4, -0.2) is 20.9 Å². The van der Waals surface area contributed by atoms with Crippen LogP contribution >= 0.6 is 0 Å². The molecule has 0 aliphatic rings. The number of hydrogen-bond donors (Lipinski definition) is 3. The van der Waals surface area contributed by atoms with Crippen LogP contribution in [0.5, 0.6) is 11.6 Å². The van der Waals surface area contributed by atoms with Crippen LogP contribution in [0.2, 0.25) is 0 Å². The lowest BCUT2D eigenvalue weighted by molar-refractivity contribution is 0.100. The number of primary amides is 1. The van der Waals surface area contributed by atoms with E-state index < -0.39 is 5.91 Å². The highest BCUT2D eigenvalue weighted by atomic mass is 16.5. The molecule has 0 bridgehead atoms. The first-order chi connectivity index (χ1) is 12.7. The highest BCUT2D eigenvalue weighted by Gasteiger charge is 2.06. The number of anilines is 2. The summed E-state index contributed by atoms with van der Waals surface area (Å²) in [4.78, 5) is 22.9. The molecule has 0 unspecified atom stereocenters. The third-order valence-corrected chi connectivity index (χ3v) is 3.78. The molecule has 0 saturated heterocycles. The molecule has 7 nitrogen and oxygen atoms in total. The number of amides is 1. The molecule has 1 amide bonds. The van der Waals surface area contributed by atoms with Crippen LogP contribution in [0.3, 0.4) is 0 Å². The average molecular weight is 345 g/mol. The number of nitrogens with zero attached hydrogens (tertiary/aromatic N) is 2. The Morgan fingerprint density at radius 2 is 2.04 bits per heavy atom. The van der Waals surface area contributed by atoms with E-state index in [4.69, 9.17) is 10.5 Å². The van der Waals surface area contributed by atoms with Gasteiger partial charge in [-0.15, -0.1) is 0 Å². The van der Waals surface area contributed by atoms with Crippen molar-refractivity contribution in [2.24, 2.45) is 5.73 Å². The number of fused-ring (bicyclic) bond motifs is 1. The van der Waals surface area contributed by atoms with Crippen LogP contribution in [0.1, 0.15) is 10.4 Å². The fourth-order valence-corrected chi connectivity index (χ4v) is 2.55. The minimum absolute atomic E-state index is 0.354. The number of carbonyl (C=O) groups excluding carboxylic acids is 1. The molecule has 0 aliphatic heterocycles. The lowest BCUT2D eigenvalue weighted by Gasteiger charge is -2.08. The molecule has 7 heteroatoms. The van der Waals surface area contributed by atoms with Gasteiger partial charge in [0, 0.05) is 40.6 Å². The fourth-order valence-electron chi connectivity index (χ4n) is 2.55. The molecule has 2 heterocycles. The molecule has 0 spiro atoms. The Kier molecular flexibility index (Phi) is 3.95. The normalized spacial score (nSPS) is 10.6. The molecule has 4 rings (SSSR count). The first-order valence-corrected chi connectivity index (χ1v) is 7.92. The zero-order chi connectivity index (χ0) is 17.9. The lowest BCUT2D eigenvalue weighted by atomic mass is 10.2. The minimum atomic E-state index is -0.494. The maximum absolute atomic E-state index is 11.3. The van der Waals surface area contributed by atoms with Crippen molar-refractivity contribution in [2.45, 2.75) is 0 Å². The lowest BCUT2D eigenvalue weighted by Crippen LogP contribution is -2.11. The monoisotopic (exact) mass is 345 g/mol. The van der Waals surface area contributed by atoms with Gasteiger partial charge in [-0.2, -0.15) is 4.98 Å². The summed E-state index contributed by atoms with van der Waals surface area (Å²) in [5.41, 5.74) is 7.40. The van der Waals surface area contributed by atoms with Gasteiger partial charge in [0.25, 0.3) is 0 Å². The summed E-state index contributed by atoms with van der Waals surface area (Å²) in [6.07, 6.45) is 3.47. The van der Waals surface area contributed by atoms with E-state index in [0.29, 0.717) is 28.8 Å². The predicted molar refractivity (Wildman–Crippen MR) is 98.6 cm³/mol. The minimum Gasteiger partial charge on any atom is -0.439 e. The maximum Gasteiger partial charge on any atom is 0.248 e. The number of rotatable bonds is 5. The predicted octanol–water partition coefficient (Wildman–Crippen LogP) is 3.59. The van der Waals surface area contributed by atoms with Crippen molar-refractivity contribution in [1.29, 1.82) is 0 Å². The average Bonchev–Trinajstić information content (AvgIpc) is 3.10. The number of hydrogen-bond acceptors (Lipinski definition) is 5. The molecular formula is C19H15N5O2. The number of aromatic nitrogens is 3. The second-order valence-corrected chi connectivity index (χ2v) is 5.62. The van der Waals surface area contributed by atoms with Gasteiger partial charge in [-0.1, -0.05) is 6.07 Å². The third kappa shape index (κ3) is 3.32. The Balaban J connectivity index is 1.54. The fraction of sp³-hybridized carbons (Fsp3) is 0. The van der Waals surface area contributed by atoms with Gasteiger partial charge >= 0.3 is 0 Å². The van der Waals surface area contributed by atoms with Crippen LogP contribution in [-0.2, 0) is 0 Å². The Morgan fingerprint density at radius 3 is 2.92 bits per heavy atom. The van der Waals surface area contributed by atoms with Crippen LogP contribution in [0.15, 0.2) is 67.0 Å². The quantitative estimate of drug-likeness (QED) is 0.512. The number of nitrogens with one attached hydrogen (secondary N) is 2. The van der Waals surface area contributed by atoms with Crippen LogP contribution < -0.4 is 15.8 Å². The maximum atomic E-state index is 11.3. The molecule has 0 radical (unpaired) electrons. The van der Waals surface area contributed by atoms with Crippen molar-refractivity contribution < 1.29 is 9.53 Å². The van der Waals surface area contributed by atoms with Gasteiger partial charge in [0.15, 0.2) is 0 Å². The smallest absolute Gasteiger partial charge is 0.248 e. The molecular weight excluding hydrogens is 330 g/mol. The highest BCUT2D eigenvalue weighted by Crippen LogP contribution is 2.25. The second-order valence-electron chi connectivity index (χ2n) is 5.62. The van der Waals surface area contributed by atoms with Crippen molar-refractivity contribution >= 4 is 28.4 Å². The topological polar surface area (TPSA) is 106 Å². The molecule has 4 N–H and O–H groups in total. The van der Waals surface area contributed by atoms with Gasteiger partial charge in [0.05, 0.1) is 0 Å². The summed E-state index contributed by atoms with van der Waals surface area (Å²) in [5.74, 6) is 0.944. The van der Waals surface area contributed by atoms with Gasteiger partial charge in [-0.25, -0.2) is 4.98 Å². The number of H-pyrrole nitrogens is 1. The summed E-state index contributed by atoms with van der Waals surface area (Å²) in [5, 5.41) is 4.09. The van der Waals surface area contributed by atoms with Gasteiger partial charge in [-0.3, -0.25) is 4.79 Å². The van der Waals surface area contributed by atoms with E-state index in [-0.39, 0.29) is 0 Å². The zero-order valence-corrected chi connectivity index (χ0v) is 13.6. The van der Waals surface area contributed by atoms with Crippen molar-refractivity contribution in [3.8, 4) is 11.6 Å². The van der Waals surface area contributed by atoms with Crippen LogP contribution in [0.25, 0.3) is 10.9 Å². The van der Waals surface area contributed by atoms with E-state index >= 15 is 0 Å². The molecule has 2 aromatic heterocycles. The van der Waals surface area contributed by atoms with E-state index in [1.54, 1.807) is 36.5 Å². The molecule has 0 atom stereocenters. The SMILES string of the molecule is NC(=O)c1cccc(Nc2nccc(Oc3ccc4[nH]ccc4c3)n2)c1. The van der Waals surface area contributed by atoms with E-state index in [2.05, 4.69) is 20.3 Å². The molecule has 0 saturated carbocycles. The van der Waals surface area contributed by atoms with E-state index in [1.807, 2.05) is 30.5 Å². The number of benzene rings is 2. The number of nitrogens with two attached hydrogens (primary N) is 1. The molecule has 4 aromatic rings. The van der Waals surface area contributed by atoms with Gasteiger partial charge < -0.3 is 20.8 Å². The zero-order valence-electron chi connectivity index (χ0n) is 13.6. The third-order valence-electron chi connectivity index (χ3n) is 3.78. The number of aromatic amines is 1. The standard InChI is InChI=1S/C19H15N5O2/c20-18(25)13-2-1-3-14(10-13)23-19-22-9-7-17(24-19)26-15-4-5-16-12(11-15)6-8-21-16/h1-11,21H,(H2,20,25)(H,22,23,24). The summed E-state index contributed by atoms with van der Waals surface area (Å²) in [6, 6.07) is 16.2.